The lowest BCUT2D eigenvalue weighted by Gasteiger charge is -2.21. The molecule has 1 amide bonds. The maximum absolute atomic E-state index is 12.5. The minimum absolute atomic E-state index is 0.189. The lowest BCUT2D eigenvalue weighted by molar-refractivity contribution is -0.155. The van der Waals surface area contributed by atoms with Crippen molar-refractivity contribution in [3.63, 3.8) is 0 Å². The second kappa shape index (κ2) is 8.14. The first kappa shape index (κ1) is 19.9. The molecular weight excluding hydrogens is 394 g/mol. The predicted octanol–water partition coefficient (Wildman–Crippen LogP) is 0.261. The van der Waals surface area contributed by atoms with Gasteiger partial charge in [-0.3, -0.25) is 14.2 Å². The first-order valence-electron chi connectivity index (χ1n) is 9.15. The summed E-state index contributed by atoms with van der Waals surface area (Å²) >= 11 is 0. The highest BCUT2D eigenvalue weighted by Gasteiger charge is 2.47. The fourth-order valence-electron chi connectivity index (χ4n) is 3.31. The number of fused-ring (bicyclic) bond motifs is 1. The summed E-state index contributed by atoms with van der Waals surface area (Å²) in [6, 6.07) is 8.62. The summed E-state index contributed by atoms with van der Waals surface area (Å²) < 4.78 is 12.3. The molecule has 4 rings (SSSR count). The van der Waals surface area contributed by atoms with Crippen molar-refractivity contribution in [1.29, 1.82) is 0 Å². The maximum Gasteiger partial charge on any atom is 0.303 e. The molecule has 0 saturated carbocycles. The Hall–Kier alpha value is -3.41. The van der Waals surface area contributed by atoms with E-state index in [9.17, 15) is 19.8 Å². The van der Waals surface area contributed by atoms with Crippen molar-refractivity contribution in [2.45, 2.75) is 31.5 Å². The molecular formula is C19H19N5O6. The number of ether oxygens (including phenoxy) is 2. The summed E-state index contributed by atoms with van der Waals surface area (Å²) in [6.07, 6.45) is -1.61. The lowest BCUT2D eigenvalue weighted by atomic mass is 10.1. The van der Waals surface area contributed by atoms with Crippen LogP contribution in [0.1, 0.15) is 23.5 Å². The number of benzene rings is 1. The number of carbonyl (C=O) groups excluding carboxylic acids is 2. The number of aromatic nitrogens is 4. The van der Waals surface area contributed by atoms with Crippen molar-refractivity contribution >= 4 is 28.9 Å². The number of esters is 1. The van der Waals surface area contributed by atoms with Crippen molar-refractivity contribution in [2.24, 2.45) is 0 Å². The number of rotatable bonds is 5. The number of anilines is 1. The molecule has 0 aliphatic carbocycles. The van der Waals surface area contributed by atoms with E-state index < -0.39 is 37.1 Å². The minimum atomic E-state index is -1.24. The van der Waals surface area contributed by atoms with Gasteiger partial charge < -0.3 is 25.0 Å². The Morgan fingerprint density at radius 1 is 1.23 bits per heavy atom. The van der Waals surface area contributed by atoms with Gasteiger partial charge in [-0.1, -0.05) is 18.2 Å². The fraction of sp³-hybridized carbons (Fsp3) is 0.316. The molecule has 1 aliphatic rings. The van der Waals surface area contributed by atoms with Gasteiger partial charge in [-0.25, -0.2) is 15.0 Å². The monoisotopic (exact) mass is 413 g/mol. The Kier molecular flexibility index (Phi) is 5.40. The van der Waals surface area contributed by atoms with E-state index in [4.69, 9.17) is 9.47 Å². The number of aliphatic hydroxyl groups excluding tert-OH is 2. The Labute approximate surface area is 170 Å². The first-order chi connectivity index (χ1) is 14.5. The fourth-order valence-corrected chi connectivity index (χ4v) is 3.31. The molecule has 11 heteroatoms. The number of hydrogen-bond acceptors (Lipinski definition) is 9. The molecule has 11 nitrogen and oxygen atoms in total. The molecule has 0 radical (unpaired) electrons. The van der Waals surface area contributed by atoms with Gasteiger partial charge in [0.1, 0.15) is 18.5 Å². The van der Waals surface area contributed by atoms with Gasteiger partial charge in [0.2, 0.25) is 0 Å². The van der Waals surface area contributed by atoms with Crippen molar-refractivity contribution in [2.75, 3.05) is 11.9 Å². The van der Waals surface area contributed by atoms with Crippen LogP contribution in [0.4, 0.5) is 5.82 Å². The van der Waals surface area contributed by atoms with Gasteiger partial charge in [0.05, 0.1) is 12.9 Å². The average Bonchev–Trinajstić information content (AvgIpc) is 3.30. The number of nitrogens with zero attached hydrogens (tertiary/aromatic N) is 4. The van der Waals surface area contributed by atoms with E-state index in [0.717, 1.165) is 0 Å². The van der Waals surface area contributed by atoms with E-state index in [1.165, 1.54) is 24.1 Å². The zero-order chi connectivity index (χ0) is 21.3. The summed E-state index contributed by atoms with van der Waals surface area (Å²) in [7, 11) is 0. The quantitative estimate of drug-likeness (QED) is 0.501. The molecule has 3 N–H and O–H groups in total. The summed E-state index contributed by atoms with van der Waals surface area (Å²) in [5.74, 6) is -0.786. The Bertz CT molecular complexity index is 1070. The number of aliphatic hydroxyl groups is 2. The van der Waals surface area contributed by atoms with Crippen molar-refractivity contribution in [1.82, 2.24) is 19.5 Å². The van der Waals surface area contributed by atoms with E-state index in [-0.39, 0.29) is 17.2 Å². The molecule has 0 unspecified atom stereocenters. The summed E-state index contributed by atoms with van der Waals surface area (Å²) in [5.41, 5.74) is 1.03. The number of imidazole rings is 1. The molecule has 1 aromatic carbocycles. The third kappa shape index (κ3) is 3.61. The van der Waals surface area contributed by atoms with E-state index in [1.54, 1.807) is 30.3 Å². The lowest BCUT2D eigenvalue weighted by Crippen LogP contribution is -2.36. The summed E-state index contributed by atoms with van der Waals surface area (Å²) in [5, 5.41) is 22.5. The average molecular weight is 413 g/mol. The molecule has 4 atom stereocenters. The molecule has 0 spiro atoms. The van der Waals surface area contributed by atoms with Crippen LogP contribution in [0.2, 0.25) is 0 Å². The van der Waals surface area contributed by atoms with Crippen molar-refractivity contribution in [3.05, 3.63) is 48.5 Å². The topological polar surface area (TPSA) is 149 Å². The largest absolute Gasteiger partial charge is 0.455 e. The highest BCUT2D eigenvalue weighted by atomic mass is 16.6. The van der Waals surface area contributed by atoms with E-state index >= 15 is 0 Å². The van der Waals surface area contributed by atoms with E-state index in [0.29, 0.717) is 11.2 Å². The second-order valence-electron chi connectivity index (χ2n) is 6.68. The van der Waals surface area contributed by atoms with Crippen LogP contribution in [0.3, 0.4) is 0 Å². The predicted molar refractivity (Wildman–Crippen MR) is 102 cm³/mol. The van der Waals surface area contributed by atoms with Crippen molar-refractivity contribution < 1.29 is 29.3 Å². The van der Waals surface area contributed by atoms with Gasteiger partial charge in [-0.05, 0) is 12.1 Å². The zero-order valence-electron chi connectivity index (χ0n) is 15.9. The van der Waals surface area contributed by atoms with Crippen molar-refractivity contribution in [3.8, 4) is 0 Å². The zero-order valence-corrected chi connectivity index (χ0v) is 15.9. The van der Waals surface area contributed by atoms with Gasteiger partial charge in [-0.2, -0.15) is 0 Å². The summed E-state index contributed by atoms with van der Waals surface area (Å²) in [4.78, 5) is 36.5. The maximum atomic E-state index is 12.5. The van der Waals surface area contributed by atoms with E-state index in [1.807, 2.05) is 0 Å². The molecule has 0 bridgehead atoms. The van der Waals surface area contributed by atoms with Gasteiger partial charge >= 0.3 is 5.97 Å². The number of carbonyl (C=O) groups is 2. The Balaban J connectivity index is 1.67. The van der Waals surface area contributed by atoms with Gasteiger partial charge in [0.15, 0.2) is 29.3 Å². The molecule has 2 aromatic heterocycles. The van der Waals surface area contributed by atoms with Gasteiger partial charge in [0.25, 0.3) is 5.91 Å². The Morgan fingerprint density at radius 3 is 2.70 bits per heavy atom. The standard InChI is InChI=1S/C19H19N5O6/c1-10(26)29-15-14(27)12(7-25)30-19(15)24-9-22-13-16(20-8-21-17(13)24)23-18(28)11-5-3-2-4-6-11/h2-6,8-9,12,14-15,19,25,27H,7H2,1H3,(H,20,21,23,28)/t12-,14-,15-,19-/m1/s1. The second-order valence-corrected chi connectivity index (χ2v) is 6.68. The highest BCUT2D eigenvalue weighted by molar-refractivity contribution is 6.06. The van der Waals surface area contributed by atoms with Crippen LogP contribution < -0.4 is 5.32 Å². The molecule has 1 saturated heterocycles. The van der Waals surface area contributed by atoms with Crippen LogP contribution in [0.5, 0.6) is 0 Å². The molecule has 1 aliphatic heterocycles. The van der Waals surface area contributed by atoms with Crippen LogP contribution in [0.25, 0.3) is 11.2 Å². The van der Waals surface area contributed by atoms with E-state index in [2.05, 4.69) is 20.3 Å². The smallest absolute Gasteiger partial charge is 0.303 e. The molecule has 30 heavy (non-hydrogen) atoms. The number of amides is 1. The minimum Gasteiger partial charge on any atom is -0.455 e. The normalized spacial score (nSPS) is 23.4. The SMILES string of the molecule is CC(=O)O[C@@H]1[C@H](O)[C@@H](CO)O[C@H]1n1cnc2c(NC(=O)c3ccccc3)ncnc21. The molecule has 3 aromatic rings. The summed E-state index contributed by atoms with van der Waals surface area (Å²) in [6.45, 7) is 0.747. The first-order valence-corrected chi connectivity index (χ1v) is 9.15. The van der Waals surface area contributed by atoms with Gasteiger partial charge in [0, 0.05) is 12.5 Å². The van der Waals surface area contributed by atoms with Crippen LogP contribution in [0, 0.1) is 0 Å². The van der Waals surface area contributed by atoms with Crippen LogP contribution >= 0.6 is 0 Å². The number of nitrogens with one attached hydrogen (secondary N) is 1. The third-order valence-corrected chi connectivity index (χ3v) is 4.70. The van der Waals surface area contributed by atoms with Gasteiger partial charge in [-0.15, -0.1) is 0 Å². The molecule has 1 fully saturated rings. The van der Waals surface area contributed by atoms with Crippen LogP contribution in [-0.2, 0) is 14.3 Å². The third-order valence-electron chi connectivity index (χ3n) is 4.70. The van der Waals surface area contributed by atoms with Crippen LogP contribution in [0.15, 0.2) is 43.0 Å². The number of hydrogen-bond donors (Lipinski definition) is 3. The van der Waals surface area contributed by atoms with Crippen LogP contribution in [-0.4, -0.2) is 66.5 Å². The molecule has 156 valence electrons. The molecule has 3 heterocycles. The Morgan fingerprint density at radius 2 is 2.00 bits per heavy atom. The highest BCUT2D eigenvalue weighted by Crippen LogP contribution is 2.34.